The molecular formula is C18H24F2N4O6. The summed E-state index contributed by atoms with van der Waals surface area (Å²) in [7, 11) is 0. The number of pyridine rings is 2. The molecule has 0 bridgehead atoms. The summed E-state index contributed by atoms with van der Waals surface area (Å²) in [5.41, 5.74) is 0.518. The Morgan fingerprint density at radius 2 is 1.37 bits per heavy atom. The lowest BCUT2D eigenvalue weighted by Crippen LogP contribution is -2.33. The minimum atomic E-state index is -1.26. The van der Waals surface area contributed by atoms with Gasteiger partial charge in [0.05, 0.1) is 35.3 Å². The van der Waals surface area contributed by atoms with Crippen molar-refractivity contribution in [3.8, 4) is 0 Å². The van der Waals surface area contributed by atoms with Gasteiger partial charge >= 0.3 is 11.2 Å². The minimum Gasteiger partial charge on any atom is -0.394 e. The number of aliphatic hydroxyl groups is 2. The third-order valence-corrected chi connectivity index (χ3v) is 3.43. The van der Waals surface area contributed by atoms with Crippen LogP contribution in [0, 0.1) is 21.7 Å². The number of aromatic nitrogens is 2. The number of nitrogens with two attached hydrogens (primary N) is 1. The van der Waals surface area contributed by atoms with E-state index in [2.05, 4.69) is 0 Å². The van der Waals surface area contributed by atoms with E-state index >= 15 is 0 Å². The molecule has 2 aromatic heterocycles. The van der Waals surface area contributed by atoms with Crippen LogP contribution in [0.25, 0.3) is 0 Å². The van der Waals surface area contributed by atoms with Crippen LogP contribution in [0.15, 0.2) is 34.1 Å². The van der Waals surface area contributed by atoms with Crippen LogP contribution in [-0.4, -0.2) is 35.5 Å². The van der Waals surface area contributed by atoms with Crippen LogP contribution in [0.4, 0.5) is 20.2 Å². The Balaban J connectivity index is 0.000000303. The van der Waals surface area contributed by atoms with Crippen LogP contribution >= 0.6 is 0 Å². The van der Waals surface area contributed by atoms with Gasteiger partial charge in [0.2, 0.25) is 0 Å². The Hall–Kier alpha value is -3.12. The molecule has 2 heterocycles. The molecule has 0 unspecified atom stereocenters. The molecule has 0 radical (unpaired) electrons. The predicted octanol–water partition coefficient (Wildman–Crippen LogP) is 1.01. The van der Waals surface area contributed by atoms with Gasteiger partial charge in [-0.25, -0.2) is 8.78 Å². The van der Waals surface area contributed by atoms with E-state index in [1.807, 2.05) is 0 Å². The van der Waals surface area contributed by atoms with Gasteiger partial charge < -0.3 is 25.1 Å². The van der Waals surface area contributed by atoms with Gasteiger partial charge in [-0.05, 0) is 27.7 Å². The standard InChI is InChI=1S/C9H11FN2O4.C9H13FN2O2/c1-9(2,14)5-11-4-6(10)3-7(8(11)13)12(15)16;1-9(2,14)5-12-4-6(10)3-7(11)8(12)13/h3-4,14H,5H2,1-2H3;3-4,14H,5,11H2,1-2H3. The molecule has 30 heavy (non-hydrogen) atoms. The first-order valence-electron chi connectivity index (χ1n) is 8.65. The second-order valence-corrected chi connectivity index (χ2v) is 7.91. The van der Waals surface area contributed by atoms with Gasteiger partial charge in [0.15, 0.2) is 0 Å². The first-order valence-corrected chi connectivity index (χ1v) is 8.65. The number of anilines is 1. The van der Waals surface area contributed by atoms with Crippen LogP contribution in [-0.2, 0) is 13.1 Å². The average Bonchev–Trinajstić information content (AvgIpc) is 2.53. The van der Waals surface area contributed by atoms with Gasteiger partial charge in [0.25, 0.3) is 5.56 Å². The zero-order valence-electron chi connectivity index (χ0n) is 16.9. The van der Waals surface area contributed by atoms with E-state index in [9.17, 15) is 38.7 Å². The molecule has 10 nitrogen and oxygen atoms in total. The number of hydrogen-bond donors (Lipinski definition) is 3. The summed E-state index contributed by atoms with van der Waals surface area (Å²) in [5.74, 6) is -1.48. The Morgan fingerprint density at radius 3 is 1.77 bits per heavy atom. The minimum absolute atomic E-state index is 0.00773. The smallest absolute Gasteiger partial charge is 0.337 e. The summed E-state index contributed by atoms with van der Waals surface area (Å²) >= 11 is 0. The van der Waals surface area contributed by atoms with Gasteiger partial charge in [-0.3, -0.25) is 19.7 Å². The van der Waals surface area contributed by atoms with Crippen LogP contribution in [0.2, 0.25) is 0 Å². The van der Waals surface area contributed by atoms with Gasteiger partial charge in [0.1, 0.15) is 17.3 Å². The topological polar surface area (TPSA) is 154 Å². The molecule has 0 aliphatic rings. The molecule has 0 saturated heterocycles. The van der Waals surface area contributed by atoms with Crippen molar-refractivity contribution in [1.82, 2.24) is 9.13 Å². The predicted molar refractivity (Wildman–Crippen MR) is 105 cm³/mol. The van der Waals surface area contributed by atoms with Crippen LogP contribution in [0.3, 0.4) is 0 Å². The molecule has 166 valence electrons. The lowest BCUT2D eigenvalue weighted by Gasteiger charge is -2.18. The molecule has 0 saturated carbocycles. The van der Waals surface area contributed by atoms with Crippen molar-refractivity contribution in [3.05, 3.63) is 67.0 Å². The maximum Gasteiger partial charge on any atom is 0.337 e. The zero-order valence-corrected chi connectivity index (χ0v) is 16.9. The third kappa shape index (κ3) is 7.72. The van der Waals surface area contributed by atoms with E-state index in [1.165, 1.54) is 27.7 Å². The Labute approximate surface area is 170 Å². The summed E-state index contributed by atoms with van der Waals surface area (Å²) in [6, 6.07) is 1.52. The van der Waals surface area contributed by atoms with Crippen molar-refractivity contribution in [1.29, 1.82) is 0 Å². The second kappa shape index (κ2) is 9.13. The summed E-state index contributed by atoms with van der Waals surface area (Å²) in [6.45, 7) is 5.67. The van der Waals surface area contributed by atoms with Gasteiger partial charge in [-0.15, -0.1) is 0 Å². The van der Waals surface area contributed by atoms with Crippen molar-refractivity contribution in [2.75, 3.05) is 5.73 Å². The molecule has 0 aromatic carbocycles. The number of nitro groups is 1. The maximum absolute atomic E-state index is 13.0. The summed E-state index contributed by atoms with van der Waals surface area (Å²) in [4.78, 5) is 32.3. The van der Waals surface area contributed by atoms with Crippen molar-refractivity contribution in [2.45, 2.75) is 52.0 Å². The van der Waals surface area contributed by atoms with E-state index in [1.54, 1.807) is 0 Å². The lowest BCUT2D eigenvalue weighted by molar-refractivity contribution is -0.386. The number of nitrogen functional groups attached to an aromatic ring is 1. The highest BCUT2D eigenvalue weighted by molar-refractivity contribution is 5.34. The first kappa shape index (κ1) is 24.9. The maximum atomic E-state index is 13.0. The molecule has 0 aliphatic carbocycles. The molecule has 0 fully saturated rings. The Kier molecular flexibility index (Phi) is 7.59. The molecule has 0 aliphatic heterocycles. The normalized spacial score (nSPS) is 11.6. The fourth-order valence-electron chi connectivity index (χ4n) is 2.40. The lowest BCUT2D eigenvalue weighted by atomic mass is 10.1. The molecule has 0 spiro atoms. The third-order valence-electron chi connectivity index (χ3n) is 3.43. The Morgan fingerprint density at radius 1 is 0.967 bits per heavy atom. The van der Waals surface area contributed by atoms with Crippen molar-refractivity contribution in [3.63, 3.8) is 0 Å². The highest BCUT2D eigenvalue weighted by Crippen LogP contribution is 2.10. The molecule has 12 heteroatoms. The van der Waals surface area contributed by atoms with Gasteiger partial charge in [-0.1, -0.05) is 0 Å². The molecule has 2 aromatic rings. The summed E-state index contributed by atoms with van der Waals surface area (Å²) in [6.07, 6.45) is 1.85. The largest absolute Gasteiger partial charge is 0.394 e. The molecule has 4 N–H and O–H groups in total. The molecular weight excluding hydrogens is 406 g/mol. The summed E-state index contributed by atoms with van der Waals surface area (Å²) < 4.78 is 27.7. The fraction of sp³-hybridized carbons (Fsp3) is 0.444. The van der Waals surface area contributed by atoms with E-state index < -0.39 is 44.6 Å². The average molecular weight is 430 g/mol. The number of halogens is 2. The van der Waals surface area contributed by atoms with E-state index in [0.29, 0.717) is 6.07 Å². The summed E-state index contributed by atoms with van der Waals surface area (Å²) in [5, 5.41) is 29.4. The number of rotatable bonds is 5. The highest BCUT2D eigenvalue weighted by Gasteiger charge is 2.21. The first-order chi connectivity index (χ1) is 13.5. The van der Waals surface area contributed by atoms with Crippen LogP contribution < -0.4 is 16.9 Å². The van der Waals surface area contributed by atoms with Crippen molar-refractivity contribution >= 4 is 11.4 Å². The number of hydrogen-bond acceptors (Lipinski definition) is 7. The second-order valence-electron chi connectivity index (χ2n) is 7.91. The molecule has 0 atom stereocenters. The number of nitrogens with zero attached hydrogens (tertiary/aromatic N) is 3. The fourth-order valence-corrected chi connectivity index (χ4v) is 2.40. The molecule has 0 amide bonds. The zero-order chi connectivity index (χ0) is 23.4. The van der Waals surface area contributed by atoms with Gasteiger partial charge in [-0.2, -0.15) is 0 Å². The monoisotopic (exact) mass is 430 g/mol. The van der Waals surface area contributed by atoms with Crippen LogP contribution in [0.1, 0.15) is 27.7 Å². The van der Waals surface area contributed by atoms with E-state index in [0.717, 1.165) is 27.6 Å². The SMILES string of the molecule is CC(C)(O)Cn1cc(F)cc(N)c1=O.CC(C)(O)Cn1cc(F)cc([N+](=O)[O-])c1=O. The van der Waals surface area contributed by atoms with Gasteiger partial charge in [0, 0.05) is 18.5 Å². The van der Waals surface area contributed by atoms with Crippen LogP contribution in [0.5, 0.6) is 0 Å². The highest BCUT2D eigenvalue weighted by atomic mass is 19.1. The molecule has 2 rings (SSSR count). The van der Waals surface area contributed by atoms with E-state index in [4.69, 9.17) is 5.73 Å². The Bertz CT molecular complexity index is 1030. The van der Waals surface area contributed by atoms with Crippen molar-refractivity contribution in [2.24, 2.45) is 0 Å². The quantitative estimate of drug-likeness (QED) is 0.472. The van der Waals surface area contributed by atoms with Crippen molar-refractivity contribution < 1.29 is 23.9 Å². The van der Waals surface area contributed by atoms with E-state index in [-0.39, 0.29) is 18.8 Å².